The Labute approximate surface area is 139 Å². The van der Waals surface area contributed by atoms with Gasteiger partial charge < -0.3 is 26.0 Å². The summed E-state index contributed by atoms with van der Waals surface area (Å²) in [6.45, 7) is 3.34. The smallest absolute Gasteiger partial charge is 0.322 e. The van der Waals surface area contributed by atoms with Crippen LogP contribution in [0, 0.1) is 0 Å². The zero-order valence-electron chi connectivity index (χ0n) is 14.4. The number of carboxylic acids is 1. The van der Waals surface area contributed by atoms with E-state index < -0.39 is 5.97 Å². The summed E-state index contributed by atoms with van der Waals surface area (Å²) in [6.07, 6.45) is 8.60. The lowest BCUT2D eigenvalue weighted by Gasteiger charge is -2.02. The van der Waals surface area contributed by atoms with Crippen LogP contribution >= 0.6 is 0 Å². The summed E-state index contributed by atoms with van der Waals surface area (Å²) in [5, 5.41) is 29.8. The highest BCUT2D eigenvalue weighted by molar-refractivity contribution is 5.80. The number of rotatable bonds is 14. The summed E-state index contributed by atoms with van der Waals surface area (Å²) in [4.78, 5) is 21.3. The van der Waals surface area contributed by atoms with E-state index in [0.29, 0.717) is 19.5 Å². The van der Waals surface area contributed by atoms with Crippen LogP contribution in [0.2, 0.25) is 0 Å². The second kappa shape index (κ2) is 20.8. The minimum atomic E-state index is -0.993. The number of carbonyl (C=O) groups excluding carboxylic acids is 1. The van der Waals surface area contributed by atoms with Gasteiger partial charge in [-0.05, 0) is 6.42 Å². The number of hydrogen-bond acceptors (Lipinski definition) is 5. The van der Waals surface area contributed by atoms with E-state index in [9.17, 15) is 9.59 Å². The molecule has 0 heterocycles. The number of carbonyl (C=O) groups is 2. The SMILES string of the molecule is CCCCCCCCCC(=O)NCC(=O)O.OCCNCCO. The molecule has 0 unspecified atom stereocenters. The van der Waals surface area contributed by atoms with E-state index in [1.807, 2.05) is 0 Å². The molecule has 0 aliphatic heterocycles. The third-order valence-electron chi connectivity index (χ3n) is 3.02. The quantitative estimate of drug-likeness (QED) is 0.301. The van der Waals surface area contributed by atoms with Crippen molar-refractivity contribution in [3.05, 3.63) is 0 Å². The zero-order chi connectivity index (χ0) is 17.8. The number of carboxylic acid groups (broad SMARTS) is 1. The highest BCUT2D eigenvalue weighted by atomic mass is 16.4. The molecule has 1 amide bonds. The highest BCUT2D eigenvalue weighted by Gasteiger charge is 2.02. The summed E-state index contributed by atoms with van der Waals surface area (Å²) in [7, 11) is 0. The number of aliphatic hydroxyl groups is 2. The number of nitrogens with one attached hydrogen (secondary N) is 2. The van der Waals surface area contributed by atoms with Gasteiger partial charge in [0.25, 0.3) is 0 Å². The summed E-state index contributed by atoms with van der Waals surface area (Å²) in [5.74, 6) is -1.15. The Morgan fingerprint density at radius 2 is 1.39 bits per heavy atom. The van der Waals surface area contributed by atoms with Crippen molar-refractivity contribution in [1.29, 1.82) is 0 Å². The van der Waals surface area contributed by atoms with E-state index >= 15 is 0 Å². The van der Waals surface area contributed by atoms with Gasteiger partial charge in [0.2, 0.25) is 5.91 Å². The first-order valence-corrected chi connectivity index (χ1v) is 8.49. The minimum absolute atomic E-state index is 0.139. The van der Waals surface area contributed by atoms with Gasteiger partial charge in [0.15, 0.2) is 0 Å². The molecule has 0 aliphatic rings. The largest absolute Gasteiger partial charge is 0.480 e. The molecule has 0 aromatic carbocycles. The molecular weight excluding hydrogens is 300 g/mol. The maximum atomic E-state index is 11.1. The number of aliphatic carboxylic acids is 1. The molecule has 0 radical (unpaired) electrons. The summed E-state index contributed by atoms with van der Waals surface area (Å²) in [5.41, 5.74) is 0. The van der Waals surface area contributed by atoms with Crippen LogP contribution in [-0.2, 0) is 9.59 Å². The van der Waals surface area contributed by atoms with E-state index in [1.165, 1.54) is 32.1 Å². The first kappa shape index (κ1) is 24.1. The molecule has 0 aliphatic carbocycles. The molecule has 0 fully saturated rings. The predicted octanol–water partition coefficient (Wildman–Crippen LogP) is 0.889. The van der Waals surface area contributed by atoms with Crippen molar-refractivity contribution in [3.8, 4) is 0 Å². The first-order valence-electron chi connectivity index (χ1n) is 8.49. The molecule has 0 aromatic rings. The Balaban J connectivity index is 0. The predicted molar refractivity (Wildman–Crippen MR) is 90.3 cm³/mol. The Morgan fingerprint density at radius 1 is 0.870 bits per heavy atom. The molecule has 0 bridgehead atoms. The van der Waals surface area contributed by atoms with Gasteiger partial charge in [0, 0.05) is 19.5 Å². The molecule has 0 saturated carbocycles. The van der Waals surface area contributed by atoms with E-state index in [1.54, 1.807) is 0 Å². The molecular formula is C16H34N2O5. The van der Waals surface area contributed by atoms with Crippen molar-refractivity contribution in [3.63, 3.8) is 0 Å². The molecule has 0 rings (SSSR count). The van der Waals surface area contributed by atoms with E-state index in [0.717, 1.165) is 12.8 Å². The fourth-order valence-electron chi connectivity index (χ4n) is 1.79. The maximum Gasteiger partial charge on any atom is 0.322 e. The fraction of sp³-hybridized carbons (Fsp3) is 0.875. The highest BCUT2D eigenvalue weighted by Crippen LogP contribution is 2.08. The summed E-state index contributed by atoms with van der Waals surface area (Å²) in [6, 6.07) is 0. The number of amides is 1. The van der Waals surface area contributed by atoms with Crippen molar-refractivity contribution in [2.45, 2.75) is 58.3 Å². The molecule has 138 valence electrons. The van der Waals surface area contributed by atoms with Crippen LogP contribution in [-0.4, -0.2) is 60.0 Å². The lowest BCUT2D eigenvalue weighted by Crippen LogP contribution is -2.28. The molecule has 7 heteroatoms. The van der Waals surface area contributed by atoms with Gasteiger partial charge in [-0.3, -0.25) is 9.59 Å². The minimum Gasteiger partial charge on any atom is -0.480 e. The maximum absolute atomic E-state index is 11.1. The van der Waals surface area contributed by atoms with Crippen molar-refractivity contribution in [1.82, 2.24) is 10.6 Å². The summed E-state index contributed by atoms with van der Waals surface area (Å²) < 4.78 is 0. The first-order chi connectivity index (χ1) is 11.1. The lowest BCUT2D eigenvalue weighted by atomic mass is 10.1. The lowest BCUT2D eigenvalue weighted by molar-refractivity contribution is -0.137. The average Bonchev–Trinajstić information content (AvgIpc) is 2.53. The van der Waals surface area contributed by atoms with Crippen LogP contribution < -0.4 is 10.6 Å². The third kappa shape index (κ3) is 26.1. The molecule has 0 aromatic heterocycles. The van der Waals surface area contributed by atoms with Gasteiger partial charge in [-0.15, -0.1) is 0 Å². The molecule has 0 saturated heterocycles. The van der Waals surface area contributed by atoms with Gasteiger partial charge in [-0.25, -0.2) is 0 Å². The fourth-order valence-corrected chi connectivity index (χ4v) is 1.79. The van der Waals surface area contributed by atoms with E-state index in [4.69, 9.17) is 15.3 Å². The van der Waals surface area contributed by atoms with Gasteiger partial charge in [-0.2, -0.15) is 0 Å². The van der Waals surface area contributed by atoms with Crippen LogP contribution in [0.1, 0.15) is 58.3 Å². The Kier molecular flexibility index (Phi) is 21.8. The number of aliphatic hydroxyl groups excluding tert-OH is 2. The summed E-state index contributed by atoms with van der Waals surface area (Å²) >= 11 is 0. The van der Waals surface area contributed by atoms with Crippen LogP contribution in [0.5, 0.6) is 0 Å². The average molecular weight is 334 g/mol. The number of hydrogen-bond donors (Lipinski definition) is 5. The van der Waals surface area contributed by atoms with Crippen molar-refractivity contribution < 1.29 is 24.9 Å². The Bertz CT molecular complexity index is 271. The van der Waals surface area contributed by atoms with Crippen molar-refractivity contribution in [2.24, 2.45) is 0 Å². The zero-order valence-corrected chi connectivity index (χ0v) is 14.4. The van der Waals surface area contributed by atoms with Crippen molar-refractivity contribution in [2.75, 3.05) is 32.8 Å². The standard InChI is InChI=1S/C12H23NO3.C4H11NO2/c1-2-3-4-5-6-7-8-9-11(14)13-10-12(15)16;6-3-1-5-2-4-7/h2-10H2,1H3,(H,13,14)(H,15,16);5-7H,1-4H2. The van der Waals surface area contributed by atoms with E-state index in [2.05, 4.69) is 17.6 Å². The van der Waals surface area contributed by atoms with Crippen LogP contribution in [0.4, 0.5) is 0 Å². The van der Waals surface area contributed by atoms with Crippen LogP contribution in [0.15, 0.2) is 0 Å². The Hall–Kier alpha value is -1.18. The van der Waals surface area contributed by atoms with Crippen LogP contribution in [0.3, 0.4) is 0 Å². The monoisotopic (exact) mass is 334 g/mol. The molecule has 23 heavy (non-hydrogen) atoms. The van der Waals surface area contributed by atoms with Gasteiger partial charge in [0.05, 0.1) is 13.2 Å². The van der Waals surface area contributed by atoms with Gasteiger partial charge in [0.1, 0.15) is 6.54 Å². The topological polar surface area (TPSA) is 119 Å². The van der Waals surface area contributed by atoms with Crippen LogP contribution in [0.25, 0.3) is 0 Å². The molecule has 5 N–H and O–H groups in total. The van der Waals surface area contributed by atoms with Gasteiger partial charge in [-0.1, -0.05) is 45.4 Å². The Morgan fingerprint density at radius 3 is 1.87 bits per heavy atom. The number of unbranched alkanes of at least 4 members (excludes halogenated alkanes) is 6. The van der Waals surface area contributed by atoms with Gasteiger partial charge >= 0.3 is 5.97 Å². The van der Waals surface area contributed by atoms with Crippen molar-refractivity contribution >= 4 is 11.9 Å². The molecule has 0 spiro atoms. The molecule has 0 atom stereocenters. The normalized spacial score (nSPS) is 9.87. The second-order valence-corrected chi connectivity index (χ2v) is 5.24. The third-order valence-corrected chi connectivity index (χ3v) is 3.02. The second-order valence-electron chi connectivity index (χ2n) is 5.24. The van der Waals surface area contributed by atoms with E-state index in [-0.39, 0.29) is 25.7 Å². The molecule has 7 nitrogen and oxygen atoms in total.